The van der Waals surface area contributed by atoms with Gasteiger partial charge in [0.2, 0.25) is 0 Å². The zero-order valence-corrected chi connectivity index (χ0v) is 14.3. The second-order valence-electron chi connectivity index (χ2n) is 4.03. The molecule has 0 radical (unpaired) electrons. The van der Waals surface area contributed by atoms with Crippen LogP contribution >= 0.6 is 38.9 Å². The zero-order chi connectivity index (χ0) is 15.6. The summed E-state index contributed by atoms with van der Waals surface area (Å²) >= 11 is 9.98. The van der Waals surface area contributed by atoms with Gasteiger partial charge < -0.3 is 5.11 Å². The predicted molar refractivity (Wildman–Crippen MR) is 85.6 cm³/mol. The van der Waals surface area contributed by atoms with Crippen molar-refractivity contribution in [3.8, 4) is 0 Å². The van der Waals surface area contributed by atoms with E-state index in [0.29, 0.717) is 20.1 Å². The lowest BCUT2D eigenvalue weighted by atomic mass is 10.3. The van der Waals surface area contributed by atoms with Gasteiger partial charge in [-0.15, -0.1) is 11.3 Å². The van der Waals surface area contributed by atoms with Crippen LogP contribution in [-0.4, -0.2) is 19.5 Å². The maximum absolute atomic E-state index is 12.2. The summed E-state index contributed by atoms with van der Waals surface area (Å²) in [7, 11) is -3.75. The summed E-state index contributed by atoms with van der Waals surface area (Å²) < 4.78 is 27.4. The smallest absolute Gasteiger partial charge is 0.308 e. The van der Waals surface area contributed by atoms with E-state index in [2.05, 4.69) is 20.7 Å². The zero-order valence-electron chi connectivity index (χ0n) is 10.3. The monoisotopic (exact) mass is 409 g/mol. The molecule has 0 saturated carbocycles. The second-order valence-corrected chi connectivity index (χ2v) is 8.36. The van der Waals surface area contributed by atoms with Crippen LogP contribution in [0, 0.1) is 0 Å². The van der Waals surface area contributed by atoms with Crippen molar-refractivity contribution in [3.63, 3.8) is 0 Å². The molecule has 0 fully saturated rings. The number of hydrogen-bond donors (Lipinski definition) is 2. The molecule has 1 aromatic carbocycles. The first-order valence-electron chi connectivity index (χ1n) is 5.56. The molecule has 2 N–H and O–H groups in total. The Bertz CT molecular complexity index is 788. The topological polar surface area (TPSA) is 83.5 Å². The Morgan fingerprint density at radius 2 is 2.05 bits per heavy atom. The summed E-state index contributed by atoms with van der Waals surface area (Å²) in [5, 5.41) is 9.16. The van der Waals surface area contributed by atoms with Crippen molar-refractivity contribution < 1.29 is 18.3 Å². The van der Waals surface area contributed by atoms with Gasteiger partial charge in [-0.3, -0.25) is 9.52 Å². The molecule has 2 rings (SSSR count). The van der Waals surface area contributed by atoms with Crippen LogP contribution in [-0.2, 0) is 21.2 Å². The van der Waals surface area contributed by atoms with Gasteiger partial charge in [-0.25, -0.2) is 8.42 Å². The molecule has 0 amide bonds. The molecule has 21 heavy (non-hydrogen) atoms. The van der Waals surface area contributed by atoms with Crippen molar-refractivity contribution in [2.75, 3.05) is 4.72 Å². The molecule has 0 unspecified atom stereocenters. The number of hydrogen-bond acceptors (Lipinski definition) is 4. The average molecular weight is 411 g/mol. The Kier molecular flexibility index (Phi) is 4.92. The number of carbonyl (C=O) groups is 1. The number of carboxylic acids is 1. The second kappa shape index (κ2) is 6.35. The summed E-state index contributed by atoms with van der Waals surface area (Å²) in [6.45, 7) is 0. The van der Waals surface area contributed by atoms with Crippen LogP contribution < -0.4 is 4.72 Å². The average Bonchev–Trinajstić information content (AvgIpc) is 2.82. The molecule has 0 bridgehead atoms. The van der Waals surface area contributed by atoms with E-state index in [4.69, 9.17) is 16.7 Å². The maximum atomic E-state index is 12.2. The SMILES string of the molecule is O=C(O)Cc1ccc(S(=O)(=O)Nc2ccc(Cl)c(Br)c2)s1. The molecule has 0 aliphatic heterocycles. The Labute approximate surface area is 138 Å². The number of sulfonamides is 1. The Hall–Kier alpha value is -1.09. The van der Waals surface area contributed by atoms with Crippen LogP contribution in [0.4, 0.5) is 5.69 Å². The van der Waals surface area contributed by atoms with Crippen molar-refractivity contribution in [1.82, 2.24) is 0 Å². The molecule has 5 nitrogen and oxygen atoms in total. The van der Waals surface area contributed by atoms with Gasteiger partial charge in [0.25, 0.3) is 10.0 Å². The van der Waals surface area contributed by atoms with E-state index in [9.17, 15) is 13.2 Å². The molecule has 0 aliphatic rings. The van der Waals surface area contributed by atoms with Crippen molar-refractivity contribution in [2.24, 2.45) is 0 Å². The molecule has 2 aromatic rings. The number of carboxylic acid groups (broad SMARTS) is 1. The third-order valence-electron chi connectivity index (χ3n) is 2.40. The van der Waals surface area contributed by atoms with Crippen molar-refractivity contribution in [2.45, 2.75) is 10.6 Å². The lowest BCUT2D eigenvalue weighted by Crippen LogP contribution is -2.11. The molecule has 112 valence electrons. The summed E-state index contributed by atoms with van der Waals surface area (Å²) in [6.07, 6.45) is -0.202. The highest BCUT2D eigenvalue weighted by atomic mass is 79.9. The fraction of sp³-hybridized carbons (Fsp3) is 0.0833. The van der Waals surface area contributed by atoms with E-state index >= 15 is 0 Å². The minimum atomic E-state index is -3.75. The molecule has 0 atom stereocenters. The maximum Gasteiger partial charge on any atom is 0.308 e. The normalized spacial score (nSPS) is 11.3. The largest absolute Gasteiger partial charge is 0.481 e. The quantitative estimate of drug-likeness (QED) is 0.789. The van der Waals surface area contributed by atoms with Crippen molar-refractivity contribution >= 4 is 60.5 Å². The minimum absolute atomic E-state index is 0.0600. The third kappa shape index (κ3) is 4.19. The molecular weight excluding hydrogens is 402 g/mol. The molecule has 1 heterocycles. The van der Waals surface area contributed by atoms with Gasteiger partial charge in [-0.05, 0) is 46.3 Å². The third-order valence-corrected chi connectivity index (χ3v) is 6.57. The highest BCUT2D eigenvalue weighted by Crippen LogP contribution is 2.28. The number of benzene rings is 1. The standard InChI is InChI=1S/C12H9BrClNO4S2/c13-9-5-7(1-3-10(9)14)15-21(18,19)12-4-2-8(20-12)6-11(16)17/h1-5,15H,6H2,(H,16,17). The molecule has 1 aromatic heterocycles. The van der Waals surface area contributed by atoms with Gasteiger partial charge in [-0.2, -0.15) is 0 Å². The summed E-state index contributed by atoms with van der Waals surface area (Å²) in [5.41, 5.74) is 0.361. The Balaban J connectivity index is 2.23. The first-order chi connectivity index (χ1) is 9.78. The first-order valence-corrected chi connectivity index (χ1v) is 9.03. The number of aliphatic carboxylic acids is 1. The number of halogens is 2. The molecule has 0 spiro atoms. The highest BCUT2D eigenvalue weighted by Gasteiger charge is 2.18. The van der Waals surface area contributed by atoms with E-state index in [1.807, 2.05) is 0 Å². The molecule has 0 saturated heterocycles. The van der Waals surface area contributed by atoms with Crippen molar-refractivity contribution in [1.29, 1.82) is 0 Å². The minimum Gasteiger partial charge on any atom is -0.481 e. The van der Waals surface area contributed by atoms with Gasteiger partial charge >= 0.3 is 5.97 Å². The molecular formula is C12H9BrClNO4S2. The summed E-state index contributed by atoms with van der Waals surface area (Å²) in [4.78, 5) is 11.1. The summed E-state index contributed by atoms with van der Waals surface area (Å²) in [5.74, 6) is -1.00. The van der Waals surface area contributed by atoms with E-state index in [0.717, 1.165) is 11.3 Å². The number of anilines is 1. The van der Waals surface area contributed by atoms with Crippen molar-refractivity contribution in [3.05, 3.63) is 44.7 Å². The van der Waals surface area contributed by atoms with E-state index in [-0.39, 0.29) is 10.6 Å². The number of rotatable bonds is 5. The van der Waals surface area contributed by atoms with E-state index < -0.39 is 16.0 Å². The van der Waals surface area contributed by atoms with Crippen LogP contribution in [0.1, 0.15) is 4.88 Å². The number of thiophene rings is 1. The van der Waals surface area contributed by atoms with Gasteiger partial charge in [0.05, 0.1) is 17.1 Å². The molecule has 0 aliphatic carbocycles. The lowest BCUT2D eigenvalue weighted by Gasteiger charge is -2.07. The predicted octanol–water partition coefficient (Wildman–Crippen LogP) is 3.59. The van der Waals surface area contributed by atoms with Gasteiger partial charge in [0.15, 0.2) is 0 Å². The molecule has 9 heteroatoms. The van der Waals surface area contributed by atoms with E-state index in [1.165, 1.54) is 18.2 Å². The first kappa shape index (κ1) is 16.3. The van der Waals surface area contributed by atoms with Gasteiger partial charge in [0, 0.05) is 9.35 Å². The fourth-order valence-electron chi connectivity index (χ4n) is 1.51. The van der Waals surface area contributed by atoms with Crippen LogP contribution in [0.15, 0.2) is 39.0 Å². The Morgan fingerprint density at radius 1 is 1.33 bits per heavy atom. The highest BCUT2D eigenvalue weighted by molar-refractivity contribution is 9.10. The lowest BCUT2D eigenvalue weighted by molar-refractivity contribution is -0.136. The summed E-state index contributed by atoms with van der Waals surface area (Å²) in [6, 6.07) is 7.52. The van der Waals surface area contributed by atoms with E-state index in [1.54, 1.807) is 12.1 Å². The Morgan fingerprint density at radius 3 is 2.67 bits per heavy atom. The fourth-order valence-corrected chi connectivity index (χ4v) is 4.40. The van der Waals surface area contributed by atoms with Crippen LogP contribution in [0.3, 0.4) is 0 Å². The van der Waals surface area contributed by atoms with Gasteiger partial charge in [0.1, 0.15) is 4.21 Å². The van der Waals surface area contributed by atoms with Gasteiger partial charge in [-0.1, -0.05) is 11.6 Å². The number of nitrogens with one attached hydrogen (secondary N) is 1. The van der Waals surface area contributed by atoms with Crippen LogP contribution in [0.2, 0.25) is 5.02 Å². The van der Waals surface area contributed by atoms with Crippen LogP contribution in [0.25, 0.3) is 0 Å². The van der Waals surface area contributed by atoms with Crippen LogP contribution in [0.5, 0.6) is 0 Å².